The Labute approximate surface area is 121 Å². The van der Waals surface area contributed by atoms with E-state index >= 15 is 0 Å². The zero-order valence-electron chi connectivity index (χ0n) is 12.4. The van der Waals surface area contributed by atoms with Crippen molar-refractivity contribution in [2.24, 2.45) is 0 Å². The van der Waals surface area contributed by atoms with E-state index in [1.54, 1.807) is 4.90 Å². The zero-order chi connectivity index (χ0) is 14.8. The first-order valence-electron chi connectivity index (χ1n) is 7.10. The third-order valence-corrected chi connectivity index (χ3v) is 3.05. The number of rotatable bonds is 6. The first-order valence-corrected chi connectivity index (χ1v) is 7.10. The summed E-state index contributed by atoms with van der Waals surface area (Å²) in [6.45, 7) is 2.73. The summed E-state index contributed by atoms with van der Waals surface area (Å²) in [5.41, 5.74) is 1.97. The highest BCUT2D eigenvalue weighted by Gasteiger charge is 2.10. The number of aliphatic hydroxyl groups excluding tert-OH is 1. The molecule has 0 aliphatic heterocycles. The number of carbonyl (C=O) groups excluding carboxylic acids is 1. The number of unbranched alkanes of at least 4 members (excludes halogenated alkanes) is 1. The molecule has 1 rings (SSSR count). The molecule has 0 spiro atoms. The van der Waals surface area contributed by atoms with Crippen molar-refractivity contribution in [1.82, 2.24) is 4.90 Å². The molecular formula is C17H23NO2. The molecule has 3 heteroatoms. The minimum absolute atomic E-state index is 0.0740. The number of aliphatic hydroxyl groups is 1. The summed E-state index contributed by atoms with van der Waals surface area (Å²) in [6.07, 6.45) is 3.04. The van der Waals surface area contributed by atoms with Gasteiger partial charge in [0, 0.05) is 32.0 Å². The van der Waals surface area contributed by atoms with Crippen LogP contribution in [-0.2, 0) is 11.3 Å². The molecule has 1 N–H and O–H groups in total. The molecule has 3 nitrogen and oxygen atoms in total. The van der Waals surface area contributed by atoms with Gasteiger partial charge in [0.1, 0.15) is 0 Å². The molecule has 1 amide bonds. The molecule has 0 bridgehead atoms. The Morgan fingerprint density at radius 1 is 1.35 bits per heavy atom. The number of amides is 1. The smallest absolute Gasteiger partial charge is 0.222 e. The minimum Gasteiger partial charge on any atom is -0.395 e. The minimum atomic E-state index is 0.0740. The molecule has 0 heterocycles. The van der Waals surface area contributed by atoms with Crippen molar-refractivity contribution >= 4 is 5.91 Å². The van der Waals surface area contributed by atoms with Gasteiger partial charge in [0.2, 0.25) is 5.91 Å². The van der Waals surface area contributed by atoms with E-state index in [4.69, 9.17) is 5.11 Å². The topological polar surface area (TPSA) is 40.5 Å². The van der Waals surface area contributed by atoms with Crippen molar-refractivity contribution in [1.29, 1.82) is 0 Å². The van der Waals surface area contributed by atoms with Crippen molar-refractivity contribution in [3.63, 3.8) is 0 Å². The van der Waals surface area contributed by atoms with Gasteiger partial charge < -0.3 is 10.0 Å². The van der Waals surface area contributed by atoms with Gasteiger partial charge in [-0.05, 0) is 18.1 Å². The number of hydrogen-bond acceptors (Lipinski definition) is 2. The van der Waals surface area contributed by atoms with Gasteiger partial charge in [-0.2, -0.15) is 0 Å². The molecule has 0 aromatic heterocycles. The second-order valence-electron chi connectivity index (χ2n) is 4.79. The van der Waals surface area contributed by atoms with E-state index in [9.17, 15) is 4.79 Å². The summed E-state index contributed by atoms with van der Waals surface area (Å²) >= 11 is 0. The monoisotopic (exact) mass is 273 g/mol. The molecule has 0 saturated carbocycles. The molecule has 1 aromatic carbocycles. The van der Waals surface area contributed by atoms with Crippen LogP contribution in [-0.4, -0.2) is 29.6 Å². The number of hydrogen-bond donors (Lipinski definition) is 1. The van der Waals surface area contributed by atoms with E-state index in [1.165, 1.54) is 0 Å². The summed E-state index contributed by atoms with van der Waals surface area (Å²) in [6, 6.07) is 7.83. The summed E-state index contributed by atoms with van der Waals surface area (Å²) in [4.78, 5) is 13.7. The van der Waals surface area contributed by atoms with Crippen molar-refractivity contribution in [2.75, 3.05) is 13.7 Å². The lowest BCUT2D eigenvalue weighted by atomic mass is 10.1. The van der Waals surface area contributed by atoms with Crippen molar-refractivity contribution in [3.8, 4) is 11.8 Å². The predicted molar refractivity (Wildman–Crippen MR) is 81.0 cm³/mol. The van der Waals surface area contributed by atoms with Crippen LogP contribution in [0.3, 0.4) is 0 Å². The Balaban J connectivity index is 2.72. The zero-order valence-corrected chi connectivity index (χ0v) is 12.4. The molecule has 0 aliphatic rings. The maximum absolute atomic E-state index is 11.9. The highest BCUT2D eigenvalue weighted by Crippen LogP contribution is 2.11. The molecule has 20 heavy (non-hydrogen) atoms. The van der Waals surface area contributed by atoms with Gasteiger partial charge in [-0.1, -0.05) is 43.4 Å². The highest BCUT2D eigenvalue weighted by atomic mass is 16.2. The van der Waals surface area contributed by atoms with Crippen LogP contribution in [0.15, 0.2) is 24.3 Å². The maximum Gasteiger partial charge on any atom is 0.222 e. The quantitative estimate of drug-likeness (QED) is 0.809. The number of nitrogens with zero attached hydrogens (tertiary/aromatic N) is 1. The van der Waals surface area contributed by atoms with Crippen LogP contribution < -0.4 is 0 Å². The van der Waals surface area contributed by atoms with E-state index in [2.05, 4.69) is 18.8 Å². The first-order chi connectivity index (χ1) is 9.69. The van der Waals surface area contributed by atoms with Crippen LogP contribution in [0.5, 0.6) is 0 Å². The van der Waals surface area contributed by atoms with Gasteiger partial charge in [-0.3, -0.25) is 4.79 Å². The standard InChI is InChI=1S/C17H23NO2/c1-3-4-12-17(20)18(2)14-16-11-6-5-9-15(16)10-7-8-13-19/h5-6,9,11,19H,3-4,8,12-14H2,1-2H3. The summed E-state index contributed by atoms with van der Waals surface area (Å²) in [7, 11) is 1.83. The van der Waals surface area contributed by atoms with Crippen molar-refractivity contribution < 1.29 is 9.90 Å². The number of benzene rings is 1. The molecule has 0 unspecified atom stereocenters. The van der Waals surface area contributed by atoms with Crippen LogP contribution in [0.25, 0.3) is 0 Å². The van der Waals surface area contributed by atoms with Gasteiger partial charge in [0.05, 0.1) is 6.61 Å². The molecule has 0 atom stereocenters. The van der Waals surface area contributed by atoms with Crippen molar-refractivity contribution in [3.05, 3.63) is 35.4 Å². The fourth-order valence-corrected chi connectivity index (χ4v) is 1.86. The van der Waals surface area contributed by atoms with Gasteiger partial charge in [0.25, 0.3) is 0 Å². The van der Waals surface area contributed by atoms with Crippen LogP contribution in [0.2, 0.25) is 0 Å². The Hall–Kier alpha value is -1.79. The second-order valence-corrected chi connectivity index (χ2v) is 4.79. The van der Waals surface area contributed by atoms with E-state index in [-0.39, 0.29) is 12.5 Å². The highest BCUT2D eigenvalue weighted by molar-refractivity contribution is 5.75. The molecule has 0 fully saturated rings. The largest absolute Gasteiger partial charge is 0.395 e. The Kier molecular flexibility index (Phi) is 7.46. The van der Waals surface area contributed by atoms with Gasteiger partial charge in [0.15, 0.2) is 0 Å². The fraction of sp³-hybridized carbons (Fsp3) is 0.471. The van der Waals surface area contributed by atoms with E-state index in [1.807, 2.05) is 31.3 Å². The van der Waals surface area contributed by atoms with Crippen LogP contribution >= 0.6 is 0 Å². The summed E-state index contributed by atoms with van der Waals surface area (Å²) in [5, 5.41) is 8.76. The van der Waals surface area contributed by atoms with Gasteiger partial charge in [-0.25, -0.2) is 0 Å². The maximum atomic E-state index is 11.9. The first kappa shape index (κ1) is 16.3. The van der Waals surface area contributed by atoms with Crippen LogP contribution in [0.4, 0.5) is 0 Å². The molecule has 108 valence electrons. The molecule has 0 radical (unpaired) electrons. The van der Waals surface area contributed by atoms with Gasteiger partial charge in [-0.15, -0.1) is 0 Å². The van der Waals surface area contributed by atoms with Gasteiger partial charge >= 0.3 is 0 Å². The van der Waals surface area contributed by atoms with Crippen molar-refractivity contribution in [2.45, 2.75) is 39.2 Å². The third-order valence-electron chi connectivity index (χ3n) is 3.05. The lowest BCUT2D eigenvalue weighted by Crippen LogP contribution is -2.26. The predicted octanol–water partition coefficient (Wildman–Crippen LogP) is 2.57. The Morgan fingerprint density at radius 2 is 2.10 bits per heavy atom. The molecule has 1 aromatic rings. The normalized spacial score (nSPS) is 9.75. The average molecular weight is 273 g/mol. The average Bonchev–Trinajstić information content (AvgIpc) is 2.46. The third kappa shape index (κ3) is 5.46. The molecule has 0 aliphatic carbocycles. The SMILES string of the molecule is CCCCC(=O)N(C)Cc1ccccc1C#CCCO. The van der Waals surface area contributed by atoms with Crippen LogP contribution in [0, 0.1) is 11.8 Å². The van der Waals surface area contributed by atoms with E-state index in [0.29, 0.717) is 19.4 Å². The number of carbonyl (C=O) groups is 1. The van der Waals surface area contributed by atoms with E-state index in [0.717, 1.165) is 24.0 Å². The summed E-state index contributed by atoms with van der Waals surface area (Å²) < 4.78 is 0. The Bertz CT molecular complexity index is 485. The van der Waals surface area contributed by atoms with Crippen LogP contribution in [0.1, 0.15) is 43.7 Å². The molecule has 0 saturated heterocycles. The van der Waals surface area contributed by atoms with E-state index < -0.39 is 0 Å². The fourth-order valence-electron chi connectivity index (χ4n) is 1.86. The second kappa shape index (κ2) is 9.17. The lowest BCUT2D eigenvalue weighted by Gasteiger charge is -2.18. The lowest BCUT2D eigenvalue weighted by molar-refractivity contribution is -0.130. The summed E-state index contributed by atoms with van der Waals surface area (Å²) in [5.74, 6) is 6.15. The Morgan fingerprint density at radius 3 is 2.80 bits per heavy atom. The molecular weight excluding hydrogens is 250 g/mol.